The Bertz CT molecular complexity index is 2550. The third kappa shape index (κ3) is 7.96. The highest BCUT2D eigenvalue weighted by Gasteiger charge is 2.68. The molecule has 0 spiro atoms. The predicted molar refractivity (Wildman–Crippen MR) is 246 cm³/mol. The minimum absolute atomic E-state index is 0.0880. The van der Waals surface area contributed by atoms with Gasteiger partial charge in [-0.2, -0.15) is 26.3 Å². The van der Waals surface area contributed by atoms with E-state index in [0.29, 0.717) is 31.1 Å². The second-order valence-corrected chi connectivity index (χ2v) is 28.0. The summed E-state index contributed by atoms with van der Waals surface area (Å²) in [7, 11) is -18.6. The number of hydrogen-bond donors (Lipinski definition) is 0. The van der Waals surface area contributed by atoms with Crippen LogP contribution in [0.25, 0.3) is 0 Å². The largest absolute Gasteiger partial charge is 0.416 e. The molecule has 0 radical (unpaired) electrons. The van der Waals surface area contributed by atoms with Crippen LogP contribution in [0.4, 0.5) is 26.3 Å². The van der Waals surface area contributed by atoms with Gasteiger partial charge in [-0.25, -0.2) is 0 Å². The van der Waals surface area contributed by atoms with Crippen LogP contribution in [0, 0.1) is 0 Å². The highest BCUT2D eigenvalue weighted by Crippen LogP contribution is 2.36. The molecule has 0 aliphatic carbocycles. The zero-order valence-corrected chi connectivity index (χ0v) is 37.8. The van der Waals surface area contributed by atoms with Crippen molar-refractivity contribution in [3.8, 4) is 0 Å². The summed E-state index contributed by atoms with van der Waals surface area (Å²) < 4.78 is 123. The maximum absolute atomic E-state index is 15.0. The molecule has 8 aromatic rings. The standard InChI is InChI=1S/C50H38F6O4Si4/c51-49(52,53)39-21-19-35-47(37-39)64(48-36-20-22-40(38-48)50(54,55)56)59-62(43-27-11-3-12-28-43,44-29-13-4-14-30-44)57-61(41-23-7-1-8-24-41,42-25-9-2-10-26-42)58-63(60-64,45-31-15-5-16-32-45)46-33-17-6-18-34-46/h1-38H. The summed E-state index contributed by atoms with van der Waals surface area (Å²) in [5.74, 6) is 0. The van der Waals surface area contributed by atoms with Crippen molar-refractivity contribution in [3.05, 3.63) is 242 Å². The average molecular weight is 929 g/mol. The van der Waals surface area contributed by atoms with Crippen molar-refractivity contribution in [2.75, 3.05) is 0 Å². The molecule has 0 atom stereocenters. The molecule has 0 saturated carbocycles. The summed E-state index contributed by atoms with van der Waals surface area (Å²) >= 11 is 0. The summed E-state index contributed by atoms with van der Waals surface area (Å²) in [5, 5.41) is 3.29. The number of hydrogen-bond acceptors (Lipinski definition) is 4. The van der Waals surface area contributed by atoms with E-state index < -0.39 is 57.7 Å². The molecular formula is C50H38F6O4Si4. The van der Waals surface area contributed by atoms with E-state index in [-0.39, 0.29) is 10.4 Å². The van der Waals surface area contributed by atoms with Crippen molar-refractivity contribution in [3.63, 3.8) is 0 Å². The molecule has 0 N–H and O–H groups in total. The van der Waals surface area contributed by atoms with Gasteiger partial charge in [0.15, 0.2) is 0 Å². The molecule has 8 aromatic carbocycles. The lowest BCUT2D eigenvalue weighted by molar-refractivity contribution is -0.138. The highest BCUT2D eigenvalue weighted by molar-refractivity contribution is 7.16. The minimum atomic E-state index is -5.11. The van der Waals surface area contributed by atoms with E-state index in [4.69, 9.17) is 16.5 Å². The van der Waals surface area contributed by atoms with E-state index >= 15 is 26.3 Å². The third-order valence-corrected chi connectivity index (χ3v) is 29.1. The molecule has 1 aliphatic heterocycles. The first-order chi connectivity index (χ1) is 30.9. The maximum Gasteiger partial charge on any atom is 0.416 e. The Kier molecular flexibility index (Phi) is 11.6. The zero-order chi connectivity index (χ0) is 44.5. The lowest BCUT2D eigenvalue weighted by Crippen LogP contribution is -2.88. The van der Waals surface area contributed by atoms with Crippen molar-refractivity contribution < 1.29 is 42.8 Å². The summed E-state index contributed by atoms with van der Waals surface area (Å²) in [6.45, 7) is 0. The number of alkyl halides is 6. The van der Waals surface area contributed by atoms with E-state index in [0.717, 1.165) is 24.3 Å². The van der Waals surface area contributed by atoms with Crippen LogP contribution in [0.3, 0.4) is 0 Å². The van der Waals surface area contributed by atoms with E-state index in [9.17, 15) is 0 Å². The Morgan fingerprint density at radius 1 is 0.234 bits per heavy atom. The van der Waals surface area contributed by atoms with Crippen molar-refractivity contribution >= 4 is 75.7 Å². The van der Waals surface area contributed by atoms with Gasteiger partial charge >= 0.3 is 46.6 Å². The predicted octanol–water partition coefficient (Wildman–Crippen LogP) is 7.13. The van der Waals surface area contributed by atoms with Gasteiger partial charge in [0.2, 0.25) is 0 Å². The second kappa shape index (κ2) is 17.2. The lowest BCUT2D eigenvalue weighted by atomic mass is 10.2. The van der Waals surface area contributed by atoms with Crippen LogP contribution in [0.15, 0.2) is 231 Å². The fraction of sp³-hybridized carbons (Fsp3) is 0.0400. The first-order valence-corrected chi connectivity index (χ1v) is 27.6. The molecular weight excluding hydrogens is 891 g/mol. The Morgan fingerprint density at radius 3 is 0.625 bits per heavy atom. The minimum Gasteiger partial charge on any atom is -0.402 e. The molecule has 1 aliphatic rings. The molecule has 0 aromatic heterocycles. The van der Waals surface area contributed by atoms with Crippen molar-refractivity contribution in [2.45, 2.75) is 12.4 Å². The summed E-state index contributed by atoms with van der Waals surface area (Å²) in [6, 6.07) is 64.4. The first kappa shape index (κ1) is 43.3. The van der Waals surface area contributed by atoms with E-state index in [2.05, 4.69) is 0 Å². The Balaban J connectivity index is 1.53. The SMILES string of the molecule is FC(F)(F)c1cccc([Si]2(c3cccc(C(F)(F)F)c3)O[Si](c3ccccc3)(c3ccccc3)O[Si](c3ccccc3)(c3ccccc3)O[Si](c3ccccc3)(c3ccccc3)O2)c1. The summed E-state index contributed by atoms with van der Waals surface area (Å²) in [5.41, 5.74) is -2.06. The summed E-state index contributed by atoms with van der Waals surface area (Å²) in [6.07, 6.45) is -9.70. The topological polar surface area (TPSA) is 36.9 Å². The average Bonchev–Trinajstić information content (AvgIpc) is 3.33. The smallest absolute Gasteiger partial charge is 0.402 e. The van der Waals surface area contributed by atoms with E-state index in [1.807, 2.05) is 133 Å². The van der Waals surface area contributed by atoms with Crippen LogP contribution in [-0.2, 0) is 28.8 Å². The van der Waals surface area contributed by atoms with Crippen LogP contribution in [0.2, 0.25) is 0 Å². The van der Waals surface area contributed by atoms with Gasteiger partial charge in [-0.3, -0.25) is 0 Å². The summed E-state index contributed by atoms with van der Waals surface area (Å²) in [4.78, 5) is 0. The van der Waals surface area contributed by atoms with E-state index in [1.54, 1.807) is 48.5 Å². The molecule has 14 heteroatoms. The number of benzene rings is 8. The molecule has 0 bridgehead atoms. The van der Waals surface area contributed by atoms with Gasteiger partial charge in [0.25, 0.3) is 0 Å². The van der Waals surface area contributed by atoms with Crippen LogP contribution in [-0.4, -0.2) is 34.2 Å². The van der Waals surface area contributed by atoms with Crippen molar-refractivity contribution in [1.82, 2.24) is 0 Å². The normalized spacial score (nSPS) is 16.8. The third-order valence-electron chi connectivity index (χ3n) is 11.2. The Morgan fingerprint density at radius 2 is 0.422 bits per heavy atom. The fourth-order valence-corrected chi connectivity index (χ4v) is 30.9. The van der Waals surface area contributed by atoms with E-state index in [1.165, 1.54) is 24.3 Å². The lowest BCUT2D eigenvalue weighted by Gasteiger charge is -2.53. The zero-order valence-electron chi connectivity index (χ0n) is 33.8. The highest BCUT2D eigenvalue weighted by atomic mass is 28.5. The van der Waals surface area contributed by atoms with Crippen LogP contribution >= 0.6 is 0 Å². The van der Waals surface area contributed by atoms with Crippen LogP contribution < -0.4 is 41.5 Å². The Hall–Kier alpha value is -5.95. The van der Waals surface area contributed by atoms with Crippen LogP contribution in [0.5, 0.6) is 0 Å². The second-order valence-electron chi connectivity index (χ2n) is 15.2. The van der Waals surface area contributed by atoms with Crippen molar-refractivity contribution in [1.29, 1.82) is 0 Å². The molecule has 1 fully saturated rings. The fourth-order valence-electron chi connectivity index (χ4n) is 8.25. The quantitative estimate of drug-likeness (QED) is 0.120. The maximum atomic E-state index is 15.0. The molecule has 320 valence electrons. The van der Waals surface area contributed by atoms with Crippen molar-refractivity contribution in [2.24, 2.45) is 0 Å². The molecule has 1 saturated heterocycles. The van der Waals surface area contributed by atoms with Gasteiger partial charge in [-0.05, 0) is 53.6 Å². The Labute approximate surface area is 371 Å². The first-order valence-electron chi connectivity index (χ1n) is 20.4. The molecule has 0 unspecified atom stereocenters. The van der Waals surface area contributed by atoms with Gasteiger partial charge in [-0.1, -0.05) is 218 Å². The monoisotopic (exact) mass is 928 g/mol. The molecule has 4 nitrogen and oxygen atoms in total. The van der Waals surface area contributed by atoms with Gasteiger partial charge in [0, 0.05) is 0 Å². The number of rotatable bonds is 8. The van der Waals surface area contributed by atoms with Gasteiger partial charge in [0.05, 0.1) is 11.1 Å². The number of halogens is 6. The molecule has 0 amide bonds. The van der Waals surface area contributed by atoms with Gasteiger partial charge in [-0.15, -0.1) is 0 Å². The van der Waals surface area contributed by atoms with Crippen LogP contribution in [0.1, 0.15) is 11.1 Å². The van der Waals surface area contributed by atoms with Gasteiger partial charge in [0.1, 0.15) is 0 Å². The van der Waals surface area contributed by atoms with Gasteiger partial charge < -0.3 is 16.5 Å². The molecule has 9 rings (SSSR count). The molecule has 64 heavy (non-hydrogen) atoms. The molecule has 1 heterocycles.